The number of hydrogen-bond acceptors (Lipinski definition) is 12. The Hall–Kier alpha value is -4.23. The smallest absolute Gasteiger partial charge is 0.303 e. The molecule has 0 unspecified atom stereocenters. The predicted molar refractivity (Wildman–Crippen MR) is 148 cm³/mol. The Labute approximate surface area is 247 Å². The van der Waals surface area contributed by atoms with Crippen LogP contribution in [0.25, 0.3) is 22.1 Å². The summed E-state index contributed by atoms with van der Waals surface area (Å²) in [5.74, 6) is -2.78. The van der Waals surface area contributed by atoms with E-state index in [0.717, 1.165) is 25.2 Å². The predicted octanol–water partition coefficient (Wildman–Crippen LogP) is 3.68. The van der Waals surface area contributed by atoms with Crippen molar-refractivity contribution in [1.29, 1.82) is 0 Å². The molecule has 0 radical (unpaired) electrons. The lowest BCUT2D eigenvalue weighted by Crippen LogP contribution is -2.63. The molecule has 222 valence electrons. The van der Waals surface area contributed by atoms with E-state index in [-0.39, 0.29) is 22.1 Å². The summed E-state index contributed by atoms with van der Waals surface area (Å²) < 4.78 is 39.8. The molecule has 0 spiro atoms. The Bertz CT molecular complexity index is 1550. The van der Waals surface area contributed by atoms with Gasteiger partial charge in [-0.25, -0.2) is 0 Å². The first-order chi connectivity index (χ1) is 19.9. The highest BCUT2D eigenvalue weighted by Crippen LogP contribution is 2.32. The number of carbonyl (C=O) groups is 4. The number of hydrogen-bond donors (Lipinski definition) is 0. The van der Waals surface area contributed by atoms with E-state index in [0.29, 0.717) is 11.1 Å². The fourth-order valence-electron chi connectivity index (χ4n) is 4.43. The molecule has 4 rings (SSSR count). The third-order valence-corrected chi connectivity index (χ3v) is 6.63. The number of esters is 4. The van der Waals surface area contributed by atoms with Gasteiger partial charge in [-0.15, -0.1) is 0 Å². The molecule has 2 aromatic carbocycles. The third-order valence-electron chi connectivity index (χ3n) is 6.10. The van der Waals surface area contributed by atoms with Crippen LogP contribution in [0.15, 0.2) is 62.4 Å². The molecule has 0 bridgehead atoms. The molecule has 42 heavy (non-hydrogen) atoms. The van der Waals surface area contributed by atoms with Crippen molar-refractivity contribution in [3.63, 3.8) is 0 Å². The zero-order valence-corrected chi connectivity index (χ0v) is 24.6. The second-order valence-electron chi connectivity index (χ2n) is 9.33. The van der Waals surface area contributed by atoms with Gasteiger partial charge in [0.1, 0.15) is 30.3 Å². The monoisotopic (exact) mass is 646 g/mol. The van der Waals surface area contributed by atoms with Gasteiger partial charge >= 0.3 is 23.9 Å². The van der Waals surface area contributed by atoms with Crippen molar-refractivity contribution in [3.05, 3.63) is 63.4 Å². The quantitative estimate of drug-likeness (QED) is 0.259. The lowest BCUT2D eigenvalue weighted by molar-refractivity contribution is -0.288. The van der Waals surface area contributed by atoms with E-state index in [1.165, 1.54) is 31.4 Å². The van der Waals surface area contributed by atoms with Crippen LogP contribution in [-0.2, 0) is 42.9 Å². The zero-order valence-electron chi connectivity index (χ0n) is 23.0. The summed E-state index contributed by atoms with van der Waals surface area (Å²) in [6.45, 7) is 4.15. The van der Waals surface area contributed by atoms with Crippen LogP contribution < -0.4 is 10.2 Å². The van der Waals surface area contributed by atoms with Crippen LogP contribution >= 0.6 is 15.9 Å². The maximum absolute atomic E-state index is 13.2. The molecule has 2 heterocycles. The highest BCUT2D eigenvalue weighted by molar-refractivity contribution is 9.10. The van der Waals surface area contributed by atoms with Crippen molar-refractivity contribution in [1.82, 2.24) is 0 Å². The van der Waals surface area contributed by atoms with Crippen LogP contribution in [-0.4, -0.2) is 61.2 Å². The van der Waals surface area contributed by atoms with Gasteiger partial charge in [-0.1, -0.05) is 28.1 Å². The first kappa shape index (κ1) is 30.7. The van der Waals surface area contributed by atoms with Crippen LogP contribution in [0.5, 0.6) is 5.75 Å². The zero-order chi connectivity index (χ0) is 30.6. The Morgan fingerprint density at radius 2 is 1.43 bits per heavy atom. The van der Waals surface area contributed by atoms with Crippen LogP contribution in [0.2, 0.25) is 0 Å². The number of ether oxygens (including phenoxy) is 6. The molecule has 5 atom stereocenters. The second kappa shape index (κ2) is 13.2. The molecule has 1 aliphatic rings. The minimum absolute atomic E-state index is 0.142. The van der Waals surface area contributed by atoms with E-state index in [2.05, 4.69) is 15.9 Å². The molecule has 0 saturated carbocycles. The number of halogens is 1. The van der Waals surface area contributed by atoms with Gasteiger partial charge in [0, 0.05) is 38.2 Å². The van der Waals surface area contributed by atoms with Gasteiger partial charge in [0.2, 0.25) is 12.4 Å². The number of carbonyl (C=O) groups excluding carboxylic acids is 4. The second-order valence-corrected chi connectivity index (χ2v) is 10.2. The topological polar surface area (TPSA) is 154 Å². The molecule has 1 aromatic heterocycles. The summed E-state index contributed by atoms with van der Waals surface area (Å²) in [6.07, 6.45) is -5.39. The third kappa shape index (κ3) is 7.34. The minimum Gasteiger partial charge on any atom is -0.463 e. The van der Waals surface area contributed by atoms with Crippen LogP contribution in [0.4, 0.5) is 0 Å². The van der Waals surface area contributed by atoms with Crippen molar-refractivity contribution >= 4 is 50.8 Å². The molecule has 1 saturated heterocycles. The van der Waals surface area contributed by atoms with Gasteiger partial charge < -0.3 is 32.8 Å². The molecule has 13 heteroatoms. The van der Waals surface area contributed by atoms with Gasteiger partial charge in [0.15, 0.2) is 17.6 Å². The van der Waals surface area contributed by atoms with Crippen LogP contribution in [0.3, 0.4) is 0 Å². The van der Waals surface area contributed by atoms with E-state index in [1.54, 1.807) is 12.1 Å². The average Bonchev–Trinajstić information content (AvgIpc) is 2.91. The lowest BCUT2D eigenvalue weighted by atomic mass is 9.98. The van der Waals surface area contributed by atoms with Gasteiger partial charge in [-0.3, -0.25) is 24.0 Å². The fourth-order valence-corrected chi connectivity index (χ4v) is 4.69. The molecule has 3 aromatic rings. The fraction of sp³-hybridized carbons (Fsp3) is 0.345. The normalized spacial score (nSPS) is 21.7. The SMILES string of the molecule is CC(=O)OC[C@H]1O[C@@H](Oc2ccc3c(=O)c(-c4ccc(Br)cc4)coc3c2)[C@H](OC(C)=O)[C@@H](OC(C)=O)[C@@H]1OC(C)=O. The molecule has 12 nitrogen and oxygen atoms in total. The number of rotatable bonds is 8. The summed E-state index contributed by atoms with van der Waals surface area (Å²) in [5, 5.41) is 0.282. The Balaban J connectivity index is 1.70. The Kier molecular flexibility index (Phi) is 9.63. The van der Waals surface area contributed by atoms with E-state index < -0.39 is 61.2 Å². The summed E-state index contributed by atoms with van der Waals surface area (Å²) in [5.41, 5.74) is 0.969. The standard InChI is InChI=1S/C29H27BrO12/c1-14(31)36-13-24-26(38-15(2)32)27(39-16(3)33)28(40-17(4)34)29(42-24)41-20-9-10-21-23(11-20)37-12-22(25(21)35)18-5-7-19(30)8-6-18/h5-12,24,26-29H,13H2,1-4H3/t24-,26-,27+,28-,29-/m1/s1. The minimum atomic E-state index is -1.43. The molecule has 0 amide bonds. The molecule has 0 aliphatic carbocycles. The van der Waals surface area contributed by atoms with Crippen LogP contribution in [0.1, 0.15) is 27.7 Å². The first-order valence-electron chi connectivity index (χ1n) is 12.7. The average molecular weight is 647 g/mol. The largest absolute Gasteiger partial charge is 0.463 e. The van der Waals surface area contributed by atoms with Gasteiger partial charge in [-0.05, 0) is 29.8 Å². The van der Waals surface area contributed by atoms with E-state index in [1.807, 2.05) is 12.1 Å². The van der Waals surface area contributed by atoms with Crippen molar-refractivity contribution in [2.24, 2.45) is 0 Å². The summed E-state index contributed by atoms with van der Waals surface area (Å²) in [4.78, 5) is 60.7. The molecular weight excluding hydrogens is 620 g/mol. The van der Waals surface area contributed by atoms with Crippen molar-refractivity contribution < 1.29 is 52.0 Å². The number of fused-ring (bicyclic) bond motifs is 1. The Morgan fingerprint density at radius 1 is 0.810 bits per heavy atom. The summed E-state index contributed by atoms with van der Waals surface area (Å²) >= 11 is 3.37. The Morgan fingerprint density at radius 3 is 2.05 bits per heavy atom. The molecule has 1 aliphatic heterocycles. The van der Waals surface area contributed by atoms with Gasteiger partial charge in [0.05, 0.1) is 10.9 Å². The maximum atomic E-state index is 13.2. The van der Waals surface area contributed by atoms with E-state index >= 15 is 0 Å². The maximum Gasteiger partial charge on any atom is 0.303 e. The highest BCUT2D eigenvalue weighted by atomic mass is 79.9. The summed E-state index contributed by atoms with van der Waals surface area (Å²) in [7, 11) is 0. The molecule has 0 N–H and O–H groups in total. The van der Waals surface area contributed by atoms with E-state index in [9.17, 15) is 24.0 Å². The van der Waals surface area contributed by atoms with Gasteiger partial charge in [-0.2, -0.15) is 0 Å². The van der Waals surface area contributed by atoms with E-state index in [4.69, 9.17) is 32.8 Å². The molecule has 1 fully saturated rings. The van der Waals surface area contributed by atoms with Crippen molar-refractivity contribution in [2.45, 2.75) is 58.4 Å². The first-order valence-corrected chi connectivity index (χ1v) is 13.5. The summed E-state index contributed by atoms with van der Waals surface area (Å²) in [6, 6.07) is 11.6. The van der Waals surface area contributed by atoms with Crippen molar-refractivity contribution in [2.75, 3.05) is 6.61 Å². The van der Waals surface area contributed by atoms with Gasteiger partial charge in [0.25, 0.3) is 0 Å². The molecular formula is C29H27BrO12. The van der Waals surface area contributed by atoms with Crippen molar-refractivity contribution in [3.8, 4) is 16.9 Å². The van der Waals surface area contributed by atoms with Crippen LogP contribution in [0, 0.1) is 0 Å². The highest BCUT2D eigenvalue weighted by Gasteiger charge is 2.53. The lowest BCUT2D eigenvalue weighted by Gasteiger charge is -2.43. The number of benzene rings is 2.